The van der Waals surface area contributed by atoms with Crippen LogP contribution in [0.4, 0.5) is 15.8 Å². The van der Waals surface area contributed by atoms with Gasteiger partial charge in [-0.25, -0.2) is 12.8 Å². The van der Waals surface area contributed by atoms with E-state index in [1.165, 1.54) is 56.0 Å². The summed E-state index contributed by atoms with van der Waals surface area (Å²) in [5.74, 6) is -0.331. The number of nitrogens with zero attached hydrogens (tertiary/aromatic N) is 2. The molecule has 0 saturated heterocycles. The van der Waals surface area contributed by atoms with Crippen LogP contribution >= 0.6 is 0 Å². The predicted molar refractivity (Wildman–Crippen MR) is 130 cm³/mol. The highest BCUT2D eigenvalue weighted by atomic mass is 32.2. The standard InChI is InChI=1S/C24H29FN4O4S/c1-6-8-18-14-20(29(4)27-18)23(30)26-17-11-12-22(21(15-17)33-5)34(31,32)28-19-10-7-9-16(13-19)24(2,3)25/h7,9-15,28H,6,8H2,1-5H3,(H,26,30). The fraction of sp³-hybridized carbons (Fsp3) is 0.333. The first-order chi connectivity index (χ1) is 15.9. The number of halogens is 1. The number of carbonyl (C=O) groups excluding carboxylic acids is 1. The molecule has 0 unspecified atom stereocenters. The van der Waals surface area contributed by atoms with Crippen molar-refractivity contribution in [2.24, 2.45) is 7.05 Å². The third-order valence-electron chi connectivity index (χ3n) is 5.18. The molecular weight excluding hydrogens is 459 g/mol. The summed E-state index contributed by atoms with van der Waals surface area (Å²) < 4.78 is 49.6. The molecule has 182 valence electrons. The number of hydrogen-bond acceptors (Lipinski definition) is 5. The van der Waals surface area contributed by atoms with E-state index in [4.69, 9.17) is 4.74 Å². The second kappa shape index (κ2) is 9.84. The highest BCUT2D eigenvalue weighted by molar-refractivity contribution is 7.92. The number of carbonyl (C=O) groups is 1. The van der Waals surface area contributed by atoms with Crippen molar-refractivity contribution in [3.63, 3.8) is 0 Å². The van der Waals surface area contributed by atoms with Crippen molar-refractivity contribution in [1.82, 2.24) is 9.78 Å². The molecule has 0 aliphatic heterocycles. The number of anilines is 2. The minimum absolute atomic E-state index is 0.0453. The van der Waals surface area contributed by atoms with E-state index in [2.05, 4.69) is 15.1 Å². The Morgan fingerprint density at radius 3 is 2.53 bits per heavy atom. The number of aromatic nitrogens is 2. The number of nitrogens with one attached hydrogen (secondary N) is 2. The van der Waals surface area contributed by atoms with Crippen molar-refractivity contribution in [2.45, 2.75) is 44.2 Å². The lowest BCUT2D eigenvalue weighted by atomic mass is 10.00. The van der Waals surface area contributed by atoms with Crippen LogP contribution in [-0.2, 0) is 29.2 Å². The first kappa shape index (κ1) is 25.2. The molecule has 1 heterocycles. The molecule has 3 aromatic rings. The van der Waals surface area contributed by atoms with E-state index >= 15 is 0 Å². The zero-order valence-corrected chi connectivity index (χ0v) is 20.7. The van der Waals surface area contributed by atoms with Gasteiger partial charge in [-0.15, -0.1) is 0 Å². The highest BCUT2D eigenvalue weighted by Crippen LogP contribution is 2.31. The average molecular weight is 489 g/mol. The molecule has 2 aromatic carbocycles. The molecule has 0 aliphatic rings. The second-order valence-electron chi connectivity index (χ2n) is 8.37. The molecule has 10 heteroatoms. The van der Waals surface area contributed by atoms with Crippen LogP contribution in [0.25, 0.3) is 0 Å². The van der Waals surface area contributed by atoms with Crippen LogP contribution in [0.2, 0.25) is 0 Å². The van der Waals surface area contributed by atoms with E-state index < -0.39 is 15.7 Å². The summed E-state index contributed by atoms with van der Waals surface area (Å²) in [5, 5.41) is 7.07. The van der Waals surface area contributed by atoms with E-state index in [-0.39, 0.29) is 22.2 Å². The van der Waals surface area contributed by atoms with Gasteiger partial charge in [-0.05, 0) is 56.2 Å². The van der Waals surface area contributed by atoms with Crippen LogP contribution in [0.1, 0.15) is 48.9 Å². The summed E-state index contributed by atoms with van der Waals surface area (Å²) in [4.78, 5) is 12.6. The average Bonchev–Trinajstić information content (AvgIpc) is 3.13. The van der Waals surface area contributed by atoms with Gasteiger partial charge in [0.05, 0.1) is 12.8 Å². The Labute approximate surface area is 199 Å². The predicted octanol–water partition coefficient (Wildman–Crippen LogP) is 4.64. The largest absolute Gasteiger partial charge is 0.495 e. The third kappa shape index (κ3) is 5.74. The van der Waals surface area contributed by atoms with E-state index in [1.807, 2.05) is 6.92 Å². The highest BCUT2D eigenvalue weighted by Gasteiger charge is 2.23. The quantitative estimate of drug-likeness (QED) is 0.457. The Bertz CT molecular complexity index is 1300. The summed E-state index contributed by atoms with van der Waals surface area (Å²) >= 11 is 0. The summed E-state index contributed by atoms with van der Waals surface area (Å²) in [6.07, 6.45) is 1.68. The molecule has 0 atom stereocenters. The molecule has 34 heavy (non-hydrogen) atoms. The van der Waals surface area contributed by atoms with Gasteiger partial charge in [0.1, 0.15) is 22.0 Å². The first-order valence-corrected chi connectivity index (χ1v) is 12.3. The molecular formula is C24H29FN4O4S. The number of ether oxygens (including phenoxy) is 1. The van der Waals surface area contributed by atoms with Gasteiger partial charge in [-0.3, -0.25) is 14.2 Å². The van der Waals surface area contributed by atoms with Crippen LogP contribution in [0.3, 0.4) is 0 Å². The number of amides is 1. The van der Waals surface area contributed by atoms with Crippen LogP contribution < -0.4 is 14.8 Å². The minimum Gasteiger partial charge on any atom is -0.495 e. The molecule has 8 nitrogen and oxygen atoms in total. The number of rotatable bonds is 9. The maximum absolute atomic E-state index is 14.3. The summed E-state index contributed by atoms with van der Waals surface area (Å²) in [6, 6.07) is 12.1. The number of methoxy groups -OCH3 is 1. The van der Waals surface area contributed by atoms with Crippen LogP contribution in [-0.4, -0.2) is 31.2 Å². The van der Waals surface area contributed by atoms with Gasteiger partial charge in [0.2, 0.25) is 0 Å². The normalized spacial score (nSPS) is 11.8. The third-order valence-corrected chi connectivity index (χ3v) is 6.60. The second-order valence-corrected chi connectivity index (χ2v) is 10.0. The SMILES string of the molecule is CCCc1cc(C(=O)Nc2ccc(S(=O)(=O)Nc3cccc(C(C)(C)F)c3)c(OC)c2)n(C)n1. The number of hydrogen-bond donors (Lipinski definition) is 2. The van der Waals surface area contributed by atoms with Crippen LogP contribution in [0, 0.1) is 0 Å². The number of aryl methyl sites for hydroxylation is 2. The fourth-order valence-electron chi connectivity index (χ4n) is 3.44. The van der Waals surface area contributed by atoms with E-state index in [0.717, 1.165) is 18.5 Å². The smallest absolute Gasteiger partial charge is 0.273 e. The van der Waals surface area contributed by atoms with Gasteiger partial charge in [-0.1, -0.05) is 25.5 Å². The lowest BCUT2D eigenvalue weighted by Crippen LogP contribution is -2.17. The van der Waals surface area contributed by atoms with Crippen molar-refractivity contribution < 1.29 is 22.3 Å². The first-order valence-electron chi connectivity index (χ1n) is 10.8. The van der Waals surface area contributed by atoms with Crippen LogP contribution in [0.5, 0.6) is 5.75 Å². The number of benzene rings is 2. The summed E-state index contributed by atoms with van der Waals surface area (Å²) in [6.45, 7) is 4.82. The molecule has 0 aliphatic carbocycles. The zero-order valence-electron chi connectivity index (χ0n) is 19.8. The maximum atomic E-state index is 14.3. The molecule has 1 aromatic heterocycles. The lowest BCUT2D eigenvalue weighted by Gasteiger charge is -2.17. The summed E-state index contributed by atoms with van der Waals surface area (Å²) in [5.41, 5.74) is 0.512. The lowest BCUT2D eigenvalue weighted by molar-refractivity contribution is 0.101. The van der Waals surface area contributed by atoms with E-state index in [0.29, 0.717) is 16.9 Å². The van der Waals surface area contributed by atoms with Gasteiger partial charge >= 0.3 is 0 Å². The van der Waals surface area contributed by atoms with Crippen molar-refractivity contribution in [2.75, 3.05) is 17.1 Å². The monoisotopic (exact) mass is 488 g/mol. The maximum Gasteiger partial charge on any atom is 0.273 e. The van der Waals surface area contributed by atoms with Gasteiger partial charge in [0.15, 0.2) is 0 Å². The molecule has 0 radical (unpaired) electrons. The topological polar surface area (TPSA) is 102 Å². The van der Waals surface area contributed by atoms with Crippen molar-refractivity contribution in [3.8, 4) is 5.75 Å². The van der Waals surface area contributed by atoms with Crippen molar-refractivity contribution >= 4 is 27.3 Å². The Kier molecular flexibility index (Phi) is 7.30. The molecule has 3 rings (SSSR count). The Balaban J connectivity index is 1.84. The van der Waals surface area contributed by atoms with Crippen molar-refractivity contribution in [3.05, 3.63) is 65.5 Å². The minimum atomic E-state index is -4.05. The Morgan fingerprint density at radius 2 is 1.88 bits per heavy atom. The fourth-order valence-corrected chi connectivity index (χ4v) is 4.64. The molecule has 0 bridgehead atoms. The molecule has 2 N–H and O–H groups in total. The van der Waals surface area contributed by atoms with Gasteiger partial charge in [0.25, 0.3) is 15.9 Å². The molecule has 0 spiro atoms. The molecule has 1 amide bonds. The van der Waals surface area contributed by atoms with Gasteiger partial charge < -0.3 is 10.1 Å². The van der Waals surface area contributed by atoms with Crippen LogP contribution in [0.15, 0.2) is 53.4 Å². The zero-order chi connectivity index (χ0) is 25.1. The van der Waals surface area contributed by atoms with E-state index in [1.54, 1.807) is 25.2 Å². The van der Waals surface area contributed by atoms with Crippen molar-refractivity contribution in [1.29, 1.82) is 0 Å². The van der Waals surface area contributed by atoms with Gasteiger partial charge in [0, 0.05) is 24.5 Å². The number of sulfonamides is 1. The summed E-state index contributed by atoms with van der Waals surface area (Å²) in [7, 11) is -1.02. The molecule has 0 fully saturated rings. The van der Waals surface area contributed by atoms with Gasteiger partial charge in [-0.2, -0.15) is 5.10 Å². The Morgan fingerprint density at radius 1 is 1.15 bits per heavy atom. The number of alkyl halides is 1. The van der Waals surface area contributed by atoms with E-state index in [9.17, 15) is 17.6 Å². The Hall–Kier alpha value is -3.40. The molecule has 0 saturated carbocycles.